The van der Waals surface area contributed by atoms with Crippen LogP contribution >= 0.6 is 0 Å². The number of aromatic nitrogens is 1. The van der Waals surface area contributed by atoms with E-state index in [2.05, 4.69) is 9.68 Å². The smallest absolute Gasteiger partial charge is 0.357 e. The molecule has 0 fully saturated rings. The van der Waals surface area contributed by atoms with E-state index in [0.717, 1.165) is 0 Å². The first kappa shape index (κ1) is 7.67. The van der Waals surface area contributed by atoms with Gasteiger partial charge in [-0.1, -0.05) is 12.1 Å². The molecule has 4 heteroatoms. The minimum absolute atomic E-state index is 0.111. The van der Waals surface area contributed by atoms with Gasteiger partial charge in [0.1, 0.15) is 5.75 Å². The second-order valence-electron chi connectivity index (χ2n) is 2.60. The zero-order valence-corrected chi connectivity index (χ0v) is 6.65. The Kier molecular flexibility index (Phi) is 1.66. The van der Waals surface area contributed by atoms with Gasteiger partial charge in [-0.3, -0.25) is 0 Å². The van der Waals surface area contributed by atoms with Crippen molar-refractivity contribution in [3.8, 4) is 17.0 Å². The first-order valence-corrected chi connectivity index (χ1v) is 3.74. The summed E-state index contributed by atoms with van der Waals surface area (Å²) in [5, 5.41) is 11.8. The van der Waals surface area contributed by atoms with Crippen LogP contribution in [0.3, 0.4) is 0 Å². The summed E-state index contributed by atoms with van der Waals surface area (Å²) >= 11 is 0. The largest absolute Gasteiger partial charge is 0.507 e. The summed E-state index contributed by atoms with van der Waals surface area (Å²) in [7, 11) is 0. The van der Waals surface area contributed by atoms with Gasteiger partial charge < -0.3 is 9.63 Å². The molecule has 0 aliphatic carbocycles. The van der Waals surface area contributed by atoms with Gasteiger partial charge >= 0.3 is 5.63 Å². The van der Waals surface area contributed by atoms with Gasteiger partial charge in [0.2, 0.25) is 0 Å². The maximum Gasteiger partial charge on any atom is 0.357 e. The molecule has 0 bridgehead atoms. The molecule has 0 atom stereocenters. The average molecular weight is 177 g/mol. The third kappa shape index (κ3) is 1.33. The third-order valence-electron chi connectivity index (χ3n) is 1.72. The molecule has 0 aliphatic rings. The standard InChI is InChI=1S/C9H7NO3/c11-8-4-2-1-3-6(8)7-5-9(12)13-10-7/h1-5,10-11H. The lowest BCUT2D eigenvalue weighted by Crippen LogP contribution is -1.85. The molecule has 0 radical (unpaired) electrons. The molecular formula is C9H7NO3. The Morgan fingerprint density at radius 2 is 2.08 bits per heavy atom. The summed E-state index contributed by atoms with van der Waals surface area (Å²) in [6.45, 7) is 0. The van der Waals surface area contributed by atoms with Gasteiger partial charge in [0, 0.05) is 5.56 Å². The van der Waals surface area contributed by atoms with E-state index in [-0.39, 0.29) is 5.75 Å². The number of phenols is 1. The number of hydrogen-bond donors (Lipinski definition) is 2. The van der Waals surface area contributed by atoms with E-state index in [1.54, 1.807) is 24.3 Å². The molecule has 2 rings (SSSR count). The summed E-state index contributed by atoms with van der Waals surface area (Å²) < 4.78 is 4.48. The van der Waals surface area contributed by atoms with Gasteiger partial charge in [0.15, 0.2) is 0 Å². The fraction of sp³-hybridized carbons (Fsp3) is 0. The van der Waals surface area contributed by atoms with Crippen LogP contribution in [-0.4, -0.2) is 10.3 Å². The van der Waals surface area contributed by atoms with E-state index in [1.165, 1.54) is 6.07 Å². The Morgan fingerprint density at radius 1 is 1.31 bits per heavy atom. The lowest BCUT2D eigenvalue weighted by atomic mass is 10.1. The Balaban J connectivity index is 2.58. The lowest BCUT2D eigenvalue weighted by Gasteiger charge is -1.98. The molecule has 4 nitrogen and oxygen atoms in total. The van der Waals surface area contributed by atoms with Crippen molar-refractivity contribution in [3.05, 3.63) is 40.8 Å². The van der Waals surface area contributed by atoms with E-state index in [0.29, 0.717) is 11.3 Å². The monoisotopic (exact) mass is 177 g/mol. The predicted octanol–water partition coefficient (Wildman–Crippen LogP) is 1.34. The SMILES string of the molecule is O=c1cc(-c2ccccc2O)[nH]o1. The van der Waals surface area contributed by atoms with Gasteiger partial charge in [0.05, 0.1) is 11.8 Å². The molecule has 0 aliphatic heterocycles. The van der Waals surface area contributed by atoms with E-state index < -0.39 is 5.63 Å². The van der Waals surface area contributed by atoms with Crippen molar-refractivity contribution in [1.29, 1.82) is 0 Å². The van der Waals surface area contributed by atoms with E-state index >= 15 is 0 Å². The summed E-state index contributed by atoms with van der Waals surface area (Å²) in [5.41, 5.74) is 0.565. The highest BCUT2D eigenvalue weighted by molar-refractivity contribution is 5.65. The number of phenolic OH excluding ortho intramolecular Hbond substituents is 1. The molecule has 66 valence electrons. The fourth-order valence-electron chi connectivity index (χ4n) is 1.12. The molecule has 1 heterocycles. The number of H-pyrrole nitrogens is 1. The highest BCUT2D eigenvalue weighted by Crippen LogP contribution is 2.25. The second kappa shape index (κ2) is 2.82. The second-order valence-corrected chi connectivity index (χ2v) is 2.60. The highest BCUT2D eigenvalue weighted by atomic mass is 16.5. The van der Waals surface area contributed by atoms with Gasteiger partial charge in [-0.05, 0) is 12.1 Å². The van der Waals surface area contributed by atoms with Crippen molar-refractivity contribution in [3.63, 3.8) is 0 Å². The third-order valence-corrected chi connectivity index (χ3v) is 1.72. The maximum atomic E-state index is 10.7. The van der Waals surface area contributed by atoms with E-state index in [4.69, 9.17) is 0 Å². The summed E-state index contributed by atoms with van der Waals surface area (Å²) in [6, 6.07) is 7.99. The molecule has 2 N–H and O–H groups in total. The van der Waals surface area contributed by atoms with Crippen molar-refractivity contribution >= 4 is 0 Å². The number of aromatic hydroxyl groups is 1. The van der Waals surface area contributed by atoms with Crippen molar-refractivity contribution in [2.75, 3.05) is 0 Å². The number of rotatable bonds is 1. The normalized spacial score (nSPS) is 10.2. The number of nitrogens with one attached hydrogen (secondary N) is 1. The van der Waals surface area contributed by atoms with Crippen LogP contribution in [0.5, 0.6) is 5.75 Å². The molecule has 0 unspecified atom stereocenters. The number of benzene rings is 1. The van der Waals surface area contributed by atoms with Crippen molar-refractivity contribution in [1.82, 2.24) is 5.16 Å². The summed E-state index contributed by atoms with van der Waals surface area (Å²) in [4.78, 5) is 10.7. The summed E-state index contributed by atoms with van der Waals surface area (Å²) in [5.74, 6) is 0.111. The Labute approximate surface area is 73.4 Å². The van der Waals surface area contributed by atoms with Crippen LogP contribution in [0.4, 0.5) is 0 Å². The Morgan fingerprint density at radius 3 is 2.69 bits per heavy atom. The van der Waals surface area contributed by atoms with Crippen LogP contribution in [-0.2, 0) is 0 Å². The molecule has 1 aromatic carbocycles. The van der Waals surface area contributed by atoms with Crippen LogP contribution in [0.2, 0.25) is 0 Å². The first-order chi connectivity index (χ1) is 6.27. The van der Waals surface area contributed by atoms with Gasteiger partial charge in [-0.15, -0.1) is 0 Å². The van der Waals surface area contributed by atoms with Gasteiger partial charge in [-0.25, -0.2) is 9.95 Å². The number of para-hydroxylation sites is 1. The molecule has 0 spiro atoms. The average Bonchev–Trinajstić information content (AvgIpc) is 2.53. The number of hydrogen-bond acceptors (Lipinski definition) is 3. The molecular weight excluding hydrogens is 170 g/mol. The Hall–Kier alpha value is -1.97. The minimum atomic E-state index is -0.460. The van der Waals surface area contributed by atoms with Crippen molar-refractivity contribution in [2.24, 2.45) is 0 Å². The van der Waals surface area contributed by atoms with Gasteiger partial charge in [-0.2, -0.15) is 0 Å². The molecule has 0 amide bonds. The quantitative estimate of drug-likeness (QED) is 0.690. The van der Waals surface area contributed by atoms with Crippen LogP contribution in [0.1, 0.15) is 0 Å². The molecule has 2 aromatic rings. The zero-order chi connectivity index (χ0) is 9.26. The minimum Gasteiger partial charge on any atom is -0.507 e. The highest BCUT2D eigenvalue weighted by Gasteiger charge is 2.05. The predicted molar refractivity (Wildman–Crippen MR) is 46.4 cm³/mol. The van der Waals surface area contributed by atoms with Crippen molar-refractivity contribution in [2.45, 2.75) is 0 Å². The fourth-order valence-corrected chi connectivity index (χ4v) is 1.12. The molecule has 1 aromatic heterocycles. The van der Waals surface area contributed by atoms with Gasteiger partial charge in [0.25, 0.3) is 0 Å². The lowest BCUT2D eigenvalue weighted by molar-refractivity contribution is 0.393. The van der Waals surface area contributed by atoms with Crippen LogP contribution in [0, 0.1) is 0 Å². The first-order valence-electron chi connectivity index (χ1n) is 3.74. The Bertz CT molecular complexity index is 469. The van der Waals surface area contributed by atoms with Crippen LogP contribution in [0.15, 0.2) is 39.6 Å². The van der Waals surface area contributed by atoms with Crippen LogP contribution < -0.4 is 5.63 Å². The zero-order valence-electron chi connectivity index (χ0n) is 6.65. The number of aromatic amines is 1. The topological polar surface area (TPSA) is 66.2 Å². The maximum absolute atomic E-state index is 10.7. The molecule has 0 saturated carbocycles. The summed E-state index contributed by atoms with van der Waals surface area (Å²) in [6.07, 6.45) is 0. The van der Waals surface area contributed by atoms with E-state index in [9.17, 15) is 9.90 Å². The molecule has 13 heavy (non-hydrogen) atoms. The molecule has 0 saturated heterocycles. The van der Waals surface area contributed by atoms with Crippen molar-refractivity contribution < 1.29 is 9.63 Å². The van der Waals surface area contributed by atoms with E-state index in [1.807, 2.05) is 0 Å². The van der Waals surface area contributed by atoms with Crippen LogP contribution in [0.25, 0.3) is 11.3 Å².